The second kappa shape index (κ2) is 7.77. The first-order chi connectivity index (χ1) is 14.9. The van der Waals surface area contributed by atoms with Crippen LogP contribution in [0.2, 0.25) is 0 Å². The highest BCUT2D eigenvalue weighted by atomic mass is 32.2. The van der Waals surface area contributed by atoms with Gasteiger partial charge in [0.05, 0.1) is 0 Å². The monoisotopic (exact) mass is 436 g/mol. The Bertz CT molecular complexity index is 1200. The van der Waals surface area contributed by atoms with Crippen molar-refractivity contribution in [2.24, 2.45) is 11.1 Å². The predicted octanol–water partition coefficient (Wildman–Crippen LogP) is 5.29. The van der Waals surface area contributed by atoms with E-state index < -0.39 is 11.6 Å². The molecule has 31 heavy (non-hydrogen) atoms. The number of rotatable bonds is 3. The minimum Gasteiger partial charge on any atom is -0.309 e. The Hall–Kier alpha value is -2.70. The van der Waals surface area contributed by atoms with Crippen LogP contribution in [0.1, 0.15) is 23.6 Å². The van der Waals surface area contributed by atoms with Crippen LogP contribution in [0.5, 0.6) is 0 Å². The minimum absolute atomic E-state index is 0.0983. The average molecular weight is 437 g/mol. The van der Waals surface area contributed by atoms with Gasteiger partial charge < -0.3 is 4.90 Å². The lowest BCUT2D eigenvalue weighted by molar-refractivity contribution is -0.122. The maximum atomic E-state index is 14.2. The topological polar surface area (TPSA) is 46.3 Å². The van der Waals surface area contributed by atoms with E-state index in [1.165, 1.54) is 18.0 Å². The molecule has 1 aliphatic heterocycles. The molecule has 0 fully saturated rings. The van der Waals surface area contributed by atoms with Crippen molar-refractivity contribution in [3.63, 3.8) is 0 Å². The van der Waals surface area contributed by atoms with E-state index in [4.69, 9.17) is 5.14 Å². The molecule has 1 amide bonds. The molecule has 0 saturated heterocycles. The lowest BCUT2D eigenvalue weighted by Crippen LogP contribution is -2.40. The SMILES string of the molecule is CC1Cc2ccc(SN)cc2N1C(=O)C1Cc2ccc(-c3cc(F)ccc3F)cc2C1. The number of fused-ring (bicyclic) bond motifs is 2. The third-order valence-corrected chi connectivity index (χ3v) is 6.90. The zero-order chi connectivity index (χ0) is 21.7. The smallest absolute Gasteiger partial charge is 0.231 e. The Morgan fingerprint density at radius 2 is 1.74 bits per heavy atom. The van der Waals surface area contributed by atoms with Gasteiger partial charge in [0.25, 0.3) is 0 Å². The van der Waals surface area contributed by atoms with Gasteiger partial charge >= 0.3 is 0 Å². The number of hydrogen-bond acceptors (Lipinski definition) is 3. The Balaban J connectivity index is 1.42. The average Bonchev–Trinajstić information content (AvgIpc) is 3.34. The number of carbonyl (C=O) groups is 1. The molecule has 3 nitrogen and oxygen atoms in total. The first kappa shape index (κ1) is 20.2. The summed E-state index contributed by atoms with van der Waals surface area (Å²) in [6.45, 7) is 2.07. The largest absolute Gasteiger partial charge is 0.309 e. The molecular weight excluding hydrogens is 414 g/mol. The number of anilines is 1. The fourth-order valence-electron chi connectivity index (χ4n) is 4.87. The summed E-state index contributed by atoms with van der Waals surface area (Å²) in [6, 6.07) is 15.2. The predicted molar refractivity (Wildman–Crippen MR) is 120 cm³/mol. The van der Waals surface area contributed by atoms with E-state index >= 15 is 0 Å². The van der Waals surface area contributed by atoms with Gasteiger partial charge in [0.1, 0.15) is 11.6 Å². The third-order valence-electron chi connectivity index (χ3n) is 6.37. The molecular formula is C25H22F2N2OS. The summed E-state index contributed by atoms with van der Waals surface area (Å²) >= 11 is 1.18. The molecule has 2 aliphatic rings. The van der Waals surface area contributed by atoms with E-state index in [1.807, 2.05) is 35.2 Å². The van der Waals surface area contributed by atoms with Crippen LogP contribution in [0, 0.1) is 17.6 Å². The zero-order valence-electron chi connectivity index (χ0n) is 17.1. The molecule has 2 unspecified atom stereocenters. The highest BCUT2D eigenvalue weighted by Crippen LogP contribution is 2.39. The first-order valence-corrected chi connectivity index (χ1v) is 11.2. The van der Waals surface area contributed by atoms with Crippen molar-refractivity contribution in [1.82, 2.24) is 0 Å². The Kier molecular flexibility index (Phi) is 5.07. The number of amides is 1. The fourth-order valence-corrected chi connectivity index (χ4v) is 5.20. The summed E-state index contributed by atoms with van der Waals surface area (Å²) in [5.41, 5.74) is 5.11. The summed E-state index contributed by atoms with van der Waals surface area (Å²) in [4.78, 5) is 16.4. The van der Waals surface area contributed by atoms with E-state index in [0.29, 0.717) is 18.4 Å². The van der Waals surface area contributed by atoms with Crippen molar-refractivity contribution in [2.45, 2.75) is 37.1 Å². The van der Waals surface area contributed by atoms with Crippen molar-refractivity contribution >= 4 is 23.5 Å². The maximum Gasteiger partial charge on any atom is 0.231 e. The van der Waals surface area contributed by atoms with Crippen molar-refractivity contribution in [2.75, 3.05) is 4.90 Å². The summed E-state index contributed by atoms with van der Waals surface area (Å²) in [6.07, 6.45) is 2.09. The van der Waals surface area contributed by atoms with Gasteiger partial charge in [-0.1, -0.05) is 24.3 Å². The Morgan fingerprint density at radius 1 is 0.968 bits per heavy atom. The molecule has 1 aliphatic carbocycles. The van der Waals surface area contributed by atoms with Crippen molar-refractivity contribution in [3.05, 3.63) is 82.9 Å². The van der Waals surface area contributed by atoms with Crippen LogP contribution in [0.4, 0.5) is 14.5 Å². The summed E-state index contributed by atoms with van der Waals surface area (Å²) in [5, 5.41) is 5.72. The van der Waals surface area contributed by atoms with Gasteiger partial charge in [0, 0.05) is 28.1 Å². The molecule has 0 bridgehead atoms. The second-order valence-electron chi connectivity index (χ2n) is 8.38. The van der Waals surface area contributed by atoms with Crippen LogP contribution in [0.25, 0.3) is 11.1 Å². The highest BCUT2D eigenvalue weighted by Gasteiger charge is 2.37. The Labute approximate surface area is 184 Å². The molecule has 5 rings (SSSR count). The van der Waals surface area contributed by atoms with Gasteiger partial charge in [-0.05, 0) is 90.7 Å². The van der Waals surface area contributed by atoms with Crippen LogP contribution in [0.15, 0.2) is 59.5 Å². The molecule has 2 N–H and O–H groups in total. The second-order valence-corrected chi connectivity index (χ2v) is 9.09. The van der Waals surface area contributed by atoms with Gasteiger partial charge in [-0.2, -0.15) is 0 Å². The van der Waals surface area contributed by atoms with Gasteiger partial charge in [-0.3, -0.25) is 9.93 Å². The van der Waals surface area contributed by atoms with Crippen molar-refractivity contribution in [3.8, 4) is 11.1 Å². The highest BCUT2D eigenvalue weighted by molar-refractivity contribution is 7.97. The lowest BCUT2D eigenvalue weighted by atomic mass is 10.00. The van der Waals surface area contributed by atoms with Gasteiger partial charge in [-0.25, -0.2) is 8.78 Å². The fraction of sp³-hybridized carbons (Fsp3) is 0.240. The summed E-state index contributed by atoms with van der Waals surface area (Å²) in [5.74, 6) is -0.977. The molecule has 3 aromatic rings. The van der Waals surface area contributed by atoms with Crippen LogP contribution >= 0.6 is 11.9 Å². The molecule has 0 radical (unpaired) electrons. The van der Waals surface area contributed by atoms with Crippen LogP contribution in [0.3, 0.4) is 0 Å². The Morgan fingerprint density at radius 3 is 2.55 bits per heavy atom. The maximum absolute atomic E-state index is 14.2. The number of nitrogens with zero attached hydrogens (tertiary/aromatic N) is 1. The van der Waals surface area contributed by atoms with Crippen LogP contribution in [-0.4, -0.2) is 11.9 Å². The van der Waals surface area contributed by atoms with E-state index in [1.54, 1.807) is 0 Å². The molecule has 0 saturated carbocycles. The van der Waals surface area contributed by atoms with E-state index in [9.17, 15) is 13.6 Å². The van der Waals surface area contributed by atoms with Gasteiger partial charge in [0.15, 0.2) is 0 Å². The van der Waals surface area contributed by atoms with Gasteiger partial charge in [-0.15, -0.1) is 0 Å². The number of halogens is 2. The molecule has 0 aromatic heterocycles. The van der Waals surface area contributed by atoms with Crippen LogP contribution in [-0.2, 0) is 24.1 Å². The summed E-state index contributed by atoms with van der Waals surface area (Å²) in [7, 11) is 0. The standard InChI is InChI=1S/C25H22F2N2OS/c1-14-8-17-4-6-21(31-28)13-24(17)29(14)25(30)19-9-15-2-3-16(10-18(15)11-19)22-12-20(26)5-7-23(22)27/h2-7,10,12-14,19H,8-9,11,28H2,1H3. The quantitative estimate of drug-likeness (QED) is 0.568. The van der Waals surface area contributed by atoms with Crippen LogP contribution < -0.4 is 10.0 Å². The van der Waals surface area contributed by atoms with Crippen molar-refractivity contribution < 1.29 is 13.6 Å². The molecule has 158 valence electrons. The number of benzene rings is 3. The van der Waals surface area contributed by atoms with Crippen molar-refractivity contribution in [1.29, 1.82) is 0 Å². The minimum atomic E-state index is -0.471. The van der Waals surface area contributed by atoms with E-state index in [0.717, 1.165) is 45.8 Å². The zero-order valence-corrected chi connectivity index (χ0v) is 17.9. The third kappa shape index (κ3) is 3.54. The van der Waals surface area contributed by atoms with E-state index in [-0.39, 0.29) is 23.4 Å². The van der Waals surface area contributed by atoms with Gasteiger partial charge in [0.2, 0.25) is 5.91 Å². The molecule has 1 heterocycles. The lowest BCUT2D eigenvalue weighted by Gasteiger charge is -2.26. The first-order valence-electron chi connectivity index (χ1n) is 10.3. The number of nitrogens with two attached hydrogens (primary N) is 1. The molecule has 2 atom stereocenters. The normalized spacial score (nSPS) is 19.4. The number of hydrogen-bond donors (Lipinski definition) is 1. The van der Waals surface area contributed by atoms with E-state index in [2.05, 4.69) is 13.0 Å². The number of carbonyl (C=O) groups excluding carboxylic acids is 1. The summed E-state index contributed by atoms with van der Waals surface area (Å²) < 4.78 is 27.9. The molecule has 0 spiro atoms. The molecule has 6 heteroatoms. The molecule has 3 aromatic carbocycles.